The molecule has 0 saturated heterocycles. The normalized spacial score (nSPS) is 12.2. The van der Waals surface area contributed by atoms with Crippen molar-refractivity contribution in [3.63, 3.8) is 0 Å². The van der Waals surface area contributed by atoms with Crippen molar-refractivity contribution in [1.82, 2.24) is 5.32 Å². The average Bonchev–Trinajstić information content (AvgIpc) is 2.93. The van der Waals surface area contributed by atoms with E-state index in [0.717, 1.165) is 12.1 Å². The maximum Gasteiger partial charge on any atom is 0.255 e. The predicted octanol–water partition coefficient (Wildman–Crippen LogP) is 2.24. The van der Waals surface area contributed by atoms with Crippen molar-refractivity contribution in [3.05, 3.63) is 52.7 Å². The fraction of sp³-hybridized carbons (Fsp3) is 0.154. The molecule has 1 amide bonds. The number of aliphatic hydroxyl groups excluding tert-OH is 1. The first kappa shape index (κ1) is 14.4. The van der Waals surface area contributed by atoms with Gasteiger partial charge in [0.25, 0.3) is 5.91 Å². The SMILES string of the molecule is O=C(NCC(O)c1ccco1)c1cc(F)cc(Cl)c1O. The van der Waals surface area contributed by atoms with E-state index < -0.39 is 23.6 Å². The van der Waals surface area contributed by atoms with Crippen LogP contribution >= 0.6 is 11.6 Å². The second-order valence-corrected chi connectivity index (χ2v) is 4.43. The van der Waals surface area contributed by atoms with Crippen LogP contribution in [0.5, 0.6) is 5.75 Å². The number of phenolic OH excluding ortho intramolecular Hbond substituents is 1. The molecule has 1 unspecified atom stereocenters. The number of amides is 1. The Balaban J connectivity index is 2.06. The van der Waals surface area contributed by atoms with E-state index in [2.05, 4.69) is 5.32 Å². The molecule has 1 heterocycles. The molecular weight excluding hydrogens is 289 g/mol. The lowest BCUT2D eigenvalue weighted by atomic mass is 10.1. The Labute approximate surface area is 118 Å². The van der Waals surface area contributed by atoms with E-state index in [1.165, 1.54) is 6.26 Å². The van der Waals surface area contributed by atoms with Gasteiger partial charge in [-0.05, 0) is 24.3 Å². The van der Waals surface area contributed by atoms with E-state index in [1.54, 1.807) is 12.1 Å². The van der Waals surface area contributed by atoms with Crippen LogP contribution in [0.2, 0.25) is 5.02 Å². The molecule has 0 aliphatic carbocycles. The summed E-state index contributed by atoms with van der Waals surface area (Å²) in [4.78, 5) is 11.8. The molecule has 20 heavy (non-hydrogen) atoms. The van der Waals surface area contributed by atoms with Crippen molar-refractivity contribution in [2.45, 2.75) is 6.10 Å². The predicted molar refractivity (Wildman–Crippen MR) is 69.1 cm³/mol. The van der Waals surface area contributed by atoms with Crippen LogP contribution in [0.25, 0.3) is 0 Å². The molecule has 0 radical (unpaired) electrons. The summed E-state index contributed by atoms with van der Waals surface area (Å²) in [5.74, 6) is -1.73. The number of carbonyl (C=O) groups is 1. The number of aromatic hydroxyl groups is 1. The minimum Gasteiger partial charge on any atom is -0.506 e. The smallest absolute Gasteiger partial charge is 0.255 e. The van der Waals surface area contributed by atoms with Crippen molar-refractivity contribution in [2.24, 2.45) is 0 Å². The lowest BCUT2D eigenvalue weighted by Gasteiger charge is -2.11. The van der Waals surface area contributed by atoms with Gasteiger partial charge in [-0.3, -0.25) is 4.79 Å². The van der Waals surface area contributed by atoms with Crippen molar-refractivity contribution >= 4 is 17.5 Å². The minimum absolute atomic E-state index is 0.153. The van der Waals surface area contributed by atoms with Crippen LogP contribution in [0, 0.1) is 5.82 Å². The molecule has 7 heteroatoms. The van der Waals surface area contributed by atoms with Gasteiger partial charge in [0.15, 0.2) is 0 Å². The Kier molecular flexibility index (Phi) is 4.26. The van der Waals surface area contributed by atoms with E-state index >= 15 is 0 Å². The monoisotopic (exact) mass is 299 g/mol. The van der Waals surface area contributed by atoms with E-state index in [4.69, 9.17) is 16.0 Å². The number of phenols is 1. The standard InChI is InChI=1S/C13H11ClFNO4/c14-9-5-7(15)4-8(12(9)18)13(19)16-6-10(17)11-2-1-3-20-11/h1-5,10,17-18H,6H2,(H,16,19). The summed E-state index contributed by atoms with van der Waals surface area (Å²) in [7, 11) is 0. The summed E-state index contributed by atoms with van der Waals surface area (Å²) in [5.41, 5.74) is -0.304. The molecule has 3 N–H and O–H groups in total. The molecule has 0 spiro atoms. The molecule has 1 atom stereocenters. The Bertz CT molecular complexity index is 615. The number of furan rings is 1. The Morgan fingerprint density at radius 2 is 2.25 bits per heavy atom. The maximum absolute atomic E-state index is 13.2. The van der Waals surface area contributed by atoms with Crippen LogP contribution < -0.4 is 5.32 Å². The van der Waals surface area contributed by atoms with Crippen molar-refractivity contribution in [2.75, 3.05) is 6.54 Å². The minimum atomic E-state index is -1.04. The van der Waals surface area contributed by atoms with Crippen LogP contribution in [0.4, 0.5) is 4.39 Å². The number of hydrogen-bond donors (Lipinski definition) is 3. The van der Waals surface area contributed by atoms with Crippen molar-refractivity contribution < 1.29 is 23.8 Å². The van der Waals surface area contributed by atoms with Crippen LogP contribution in [0.15, 0.2) is 34.9 Å². The zero-order chi connectivity index (χ0) is 14.7. The Hall–Kier alpha value is -2.05. The second kappa shape index (κ2) is 5.94. The zero-order valence-corrected chi connectivity index (χ0v) is 10.9. The van der Waals surface area contributed by atoms with E-state index in [9.17, 15) is 19.4 Å². The Morgan fingerprint density at radius 3 is 2.90 bits per heavy atom. The van der Waals surface area contributed by atoms with Crippen LogP contribution in [0.3, 0.4) is 0 Å². The second-order valence-electron chi connectivity index (χ2n) is 4.03. The highest BCUT2D eigenvalue weighted by atomic mass is 35.5. The van der Waals surface area contributed by atoms with Gasteiger partial charge in [0, 0.05) is 0 Å². The van der Waals surface area contributed by atoms with E-state index in [0.29, 0.717) is 0 Å². The zero-order valence-electron chi connectivity index (χ0n) is 10.1. The Morgan fingerprint density at radius 1 is 1.50 bits per heavy atom. The van der Waals surface area contributed by atoms with Gasteiger partial charge >= 0.3 is 0 Å². The molecular formula is C13H11ClFNO4. The number of halogens is 2. The van der Waals surface area contributed by atoms with E-state index in [-0.39, 0.29) is 22.9 Å². The number of aliphatic hydroxyl groups is 1. The lowest BCUT2D eigenvalue weighted by molar-refractivity contribution is 0.0898. The van der Waals surface area contributed by atoms with Crippen LogP contribution in [-0.2, 0) is 0 Å². The quantitative estimate of drug-likeness (QED) is 0.808. The van der Waals surface area contributed by atoms with Gasteiger partial charge in [-0.2, -0.15) is 0 Å². The third-order valence-corrected chi connectivity index (χ3v) is 2.89. The molecule has 0 bridgehead atoms. The average molecular weight is 300 g/mol. The molecule has 2 aromatic rings. The molecule has 0 aliphatic rings. The molecule has 0 fully saturated rings. The molecule has 0 saturated carbocycles. The number of carbonyl (C=O) groups excluding carboxylic acids is 1. The highest BCUT2D eigenvalue weighted by molar-refractivity contribution is 6.32. The maximum atomic E-state index is 13.2. The third kappa shape index (κ3) is 3.09. The summed E-state index contributed by atoms with van der Waals surface area (Å²) in [6.07, 6.45) is 0.346. The van der Waals surface area contributed by atoms with Crippen molar-refractivity contribution in [1.29, 1.82) is 0 Å². The fourth-order valence-electron chi connectivity index (χ4n) is 1.61. The largest absolute Gasteiger partial charge is 0.506 e. The van der Waals surface area contributed by atoms with Gasteiger partial charge in [-0.15, -0.1) is 0 Å². The van der Waals surface area contributed by atoms with Gasteiger partial charge in [-0.25, -0.2) is 4.39 Å². The van der Waals surface area contributed by atoms with E-state index in [1.807, 2.05) is 0 Å². The van der Waals surface area contributed by atoms with Gasteiger partial charge < -0.3 is 19.9 Å². The first-order valence-corrected chi connectivity index (χ1v) is 6.04. The summed E-state index contributed by atoms with van der Waals surface area (Å²) in [5, 5.41) is 21.4. The fourth-order valence-corrected chi connectivity index (χ4v) is 1.81. The molecule has 2 rings (SSSR count). The molecule has 1 aromatic carbocycles. The third-order valence-electron chi connectivity index (χ3n) is 2.60. The highest BCUT2D eigenvalue weighted by Gasteiger charge is 2.18. The van der Waals surface area contributed by atoms with Gasteiger partial charge in [0.2, 0.25) is 0 Å². The number of rotatable bonds is 4. The summed E-state index contributed by atoms with van der Waals surface area (Å²) < 4.78 is 18.1. The molecule has 106 valence electrons. The lowest BCUT2D eigenvalue weighted by Crippen LogP contribution is -2.28. The van der Waals surface area contributed by atoms with Crippen LogP contribution in [-0.4, -0.2) is 22.7 Å². The number of hydrogen-bond acceptors (Lipinski definition) is 4. The van der Waals surface area contributed by atoms with Crippen molar-refractivity contribution in [3.8, 4) is 5.75 Å². The summed E-state index contributed by atoms with van der Waals surface area (Å²) >= 11 is 5.57. The van der Waals surface area contributed by atoms with Gasteiger partial charge in [-0.1, -0.05) is 11.6 Å². The number of nitrogens with one attached hydrogen (secondary N) is 1. The van der Waals surface area contributed by atoms with Crippen LogP contribution in [0.1, 0.15) is 22.2 Å². The summed E-state index contributed by atoms with van der Waals surface area (Å²) in [6.45, 7) is -0.153. The summed E-state index contributed by atoms with van der Waals surface area (Å²) in [6, 6.07) is 4.90. The number of benzene rings is 1. The van der Waals surface area contributed by atoms with Gasteiger partial charge in [0.05, 0.1) is 23.4 Å². The first-order valence-electron chi connectivity index (χ1n) is 5.66. The molecule has 5 nitrogen and oxygen atoms in total. The topological polar surface area (TPSA) is 82.7 Å². The highest BCUT2D eigenvalue weighted by Crippen LogP contribution is 2.28. The molecule has 1 aromatic heterocycles. The first-order chi connectivity index (χ1) is 9.49. The van der Waals surface area contributed by atoms with Gasteiger partial charge in [0.1, 0.15) is 23.4 Å². The molecule has 0 aliphatic heterocycles.